The van der Waals surface area contributed by atoms with Crippen LogP contribution < -0.4 is 0 Å². The number of aromatic nitrogens is 1. The molecule has 4 rings (SSSR count). The van der Waals surface area contributed by atoms with Crippen LogP contribution in [-0.2, 0) is 9.53 Å². The van der Waals surface area contributed by atoms with Crippen LogP contribution >= 0.6 is 15.9 Å². The normalized spacial score (nSPS) is 16.5. The lowest BCUT2D eigenvalue weighted by atomic mass is 10.1. The van der Waals surface area contributed by atoms with Crippen molar-refractivity contribution in [2.75, 3.05) is 0 Å². The summed E-state index contributed by atoms with van der Waals surface area (Å²) in [6, 6.07) is 17.4. The highest BCUT2D eigenvalue weighted by atomic mass is 79.9. The molecule has 0 bridgehead atoms. The lowest BCUT2D eigenvalue weighted by Crippen LogP contribution is -2.25. The van der Waals surface area contributed by atoms with Gasteiger partial charge in [0.25, 0.3) is 0 Å². The maximum atomic E-state index is 12.2. The zero-order valence-corrected chi connectivity index (χ0v) is 15.9. The predicted molar refractivity (Wildman–Crippen MR) is 104 cm³/mol. The molecule has 0 saturated carbocycles. The standard InChI is InChI=1S/C20H16BrN3O2/c1-12-11-17(16-5-3-4-6-18(16)22-12)20-24(13(2)25)23-19(26-20)14-7-9-15(21)10-8-14/h3-11,20H,1-2H3. The molecule has 5 nitrogen and oxygen atoms in total. The van der Waals surface area contributed by atoms with E-state index in [0.29, 0.717) is 5.90 Å². The number of benzene rings is 2. The molecule has 6 heteroatoms. The first kappa shape index (κ1) is 16.7. The number of ether oxygens (including phenoxy) is 1. The zero-order chi connectivity index (χ0) is 18.3. The molecular weight excluding hydrogens is 394 g/mol. The average Bonchev–Trinajstić information content (AvgIpc) is 3.07. The first-order chi connectivity index (χ1) is 12.5. The minimum Gasteiger partial charge on any atom is -0.446 e. The van der Waals surface area contributed by atoms with Crippen LogP contribution in [0, 0.1) is 6.92 Å². The quantitative estimate of drug-likeness (QED) is 0.623. The summed E-state index contributed by atoms with van der Waals surface area (Å²) < 4.78 is 7.09. The van der Waals surface area contributed by atoms with E-state index in [2.05, 4.69) is 26.0 Å². The van der Waals surface area contributed by atoms with Gasteiger partial charge in [-0.25, -0.2) is 0 Å². The van der Waals surface area contributed by atoms with E-state index in [1.807, 2.05) is 61.5 Å². The molecule has 0 radical (unpaired) electrons. The molecule has 0 fully saturated rings. The van der Waals surface area contributed by atoms with Crippen molar-refractivity contribution in [2.45, 2.75) is 20.1 Å². The molecule has 0 spiro atoms. The van der Waals surface area contributed by atoms with Crippen molar-refractivity contribution in [2.24, 2.45) is 5.10 Å². The number of carbonyl (C=O) groups is 1. The molecule has 1 aromatic heterocycles. The van der Waals surface area contributed by atoms with Gasteiger partial charge in [-0.3, -0.25) is 9.78 Å². The Labute approximate surface area is 159 Å². The van der Waals surface area contributed by atoms with Crippen LogP contribution in [0.2, 0.25) is 0 Å². The second-order valence-corrected chi connectivity index (χ2v) is 7.03. The van der Waals surface area contributed by atoms with Gasteiger partial charge in [-0.05, 0) is 43.3 Å². The molecule has 0 aliphatic carbocycles. The van der Waals surface area contributed by atoms with Crippen LogP contribution in [0.3, 0.4) is 0 Å². The van der Waals surface area contributed by atoms with Gasteiger partial charge < -0.3 is 4.74 Å². The molecular formula is C20H16BrN3O2. The second-order valence-electron chi connectivity index (χ2n) is 6.12. The number of hydrazone groups is 1. The number of nitrogens with zero attached hydrogens (tertiary/aromatic N) is 3. The Morgan fingerprint density at radius 2 is 1.88 bits per heavy atom. The average molecular weight is 410 g/mol. The van der Waals surface area contributed by atoms with Gasteiger partial charge in [0.15, 0.2) is 0 Å². The van der Waals surface area contributed by atoms with Gasteiger partial charge in [0.1, 0.15) is 0 Å². The monoisotopic (exact) mass is 409 g/mol. The zero-order valence-electron chi connectivity index (χ0n) is 14.3. The Morgan fingerprint density at radius 1 is 1.15 bits per heavy atom. The number of pyridine rings is 1. The smallest absolute Gasteiger partial charge is 0.243 e. The van der Waals surface area contributed by atoms with E-state index in [-0.39, 0.29) is 5.91 Å². The van der Waals surface area contributed by atoms with Gasteiger partial charge in [0, 0.05) is 33.6 Å². The molecule has 26 heavy (non-hydrogen) atoms. The molecule has 1 atom stereocenters. The minimum atomic E-state index is -0.613. The SMILES string of the molecule is CC(=O)N1N=C(c2ccc(Br)cc2)OC1c1cc(C)nc2ccccc12. The molecule has 1 aliphatic heterocycles. The number of para-hydroxylation sites is 1. The fraction of sp³-hybridized carbons (Fsp3) is 0.150. The molecule has 2 aromatic carbocycles. The summed E-state index contributed by atoms with van der Waals surface area (Å²) in [4.78, 5) is 16.8. The van der Waals surface area contributed by atoms with E-state index >= 15 is 0 Å². The van der Waals surface area contributed by atoms with Crippen molar-refractivity contribution in [3.8, 4) is 0 Å². The van der Waals surface area contributed by atoms with Crippen LogP contribution in [0.4, 0.5) is 0 Å². The van der Waals surface area contributed by atoms with Gasteiger partial charge in [-0.15, -0.1) is 5.10 Å². The summed E-state index contributed by atoms with van der Waals surface area (Å²) in [7, 11) is 0. The first-order valence-corrected chi connectivity index (χ1v) is 8.99. The van der Waals surface area contributed by atoms with Crippen molar-refractivity contribution in [1.29, 1.82) is 0 Å². The highest BCUT2D eigenvalue weighted by Gasteiger charge is 2.34. The lowest BCUT2D eigenvalue weighted by molar-refractivity contribution is -0.135. The predicted octanol–water partition coefficient (Wildman–Crippen LogP) is 4.54. The van der Waals surface area contributed by atoms with Gasteiger partial charge >= 0.3 is 0 Å². The molecule has 1 amide bonds. The highest BCUT2D eigenvalue weighted by Crippen LogP contribution is 2.34. The minimum absolute atomic E-state index is 0.180. The van der Waals surface area contributed by atoms with Crippen molar-refractivity contribution < 1.29 is 9.53 Å². The molecule has 0 saturated heterocycles. The Morgan fingerprint density at radius 3 is 2.62 bits per heavy atom. The van der Waals surface area contributed by atoms with Crippen molar-refractivity contribution in [3.05, 3.63) is 75.9 Å². The van der Waals surface area contributed by atoms with Crippen LogP contribution in [-0.4, -0.2) is 21.8 Å². The summed E-state index contributed by atoms with van der Waals surface area (Å²) in [5, 5.41) is 6.76. The van der Waals surface area contributed by atoms with E-state index in [4.69, 9.17) is 4.74 Å². The molecule has 3 aromatic rings. The Kier molecular flexibility index (Phi) is 4.20. The number of halogens is 1. The topological polar surface area (TPSA) is 54.8 Å². The highest BCUT2D eigenvalue weighted by molar-refractivity contribution is 9.10. The fourth-order valence-corrected chi connectivity index (χ4v) is 3.29. The van der Waals surface area contributed by atoms with Crippen molar-refractivity contribution in [1.82, 2.24) is 9.99 Å². The maximum Gasteiger partial charge on any atom is 0.243 e. The van der Waals surface area contributed by atoms with E-state index in [1.165, 1.54) is 11.9 Å². The fourth-order valence-electron chi connectivity index (χ4n) is 3.02. The van der Waals surface area contributed by atoms with Crippen LogP contribution in [0.15, 0.2) is 64.2 Å². The molecule has 2 heterocycles. The third-order valence-electron chi connectivity index (χ3n) is 4.20. The summed E-state index contributed by atoms with van der Waals surface area (Å²) in [6.45, 7) is 3.42. The number of carbonyl (C=O) groups excluding carboxylic acids is 1. The van der Waals surface area contributed by atoms with Crippen LogP contribution in [0.25, 0.3) is 10.9 Å². The summed E-state index contributed by atoms with van der Waals surface area (Å²) in [6.07, 6.45) is -0.613. The Hall–Kier alpha value is -2.73. The third kappa shape index (κ3) is 2.97. The molecule has 1 unspecified atom stereocenters. The number of amides is 1. The van der Waals surface area contributed by atoms with Crippen LogP contribution in [0.1, 0.15) is 30.0 Å². The van der Waals surface area contributed by atoms with E-state index in [1.54, 1.807) is 0 Å². The van der Waals surface area contributed by atoms with Gasteiger partial charge in [0.05, 0.1) is 5.52 Å². The van der Waals surface area contributed by atoms with E-state index in [9.17, 15) is 4.79 Å². The molecule has 130 valence electrons. The Balaban J connectivity index is 1.80. The third-order valence-corrected chi connectivity index (χ3v) is 4.73. The van der Waals surface area contributed by atoms with Gasteiger partial charge in [-0.2, -0.15) is 5.01 Å². The number of rotatable bonds is 2. The van der Waals surface area contributed by atoms with Crippen molar-refractivity contribution >= 4 is 38.6 Å². The molecule has 1 aliphatic rings. The largest absolute Gasteiger partial charge is 0.446 e. The number of hydrogen-bond acceptors (Lipinski definition) is 4. The number of fused-ring (bicyclic) bond motifs is 1. The lowest BCUT2D eigenvalue weighted by Gasteiger charge is -2.21. The van der Waals surface area contributed by atoms with Gasteiger partial charge in [0.2, 0.25) is 18.0 Å². The van der Waals surface area contributed by atoms with Gasteiger partial charge in [-0.1, -0.05) is 34.1 Å². The van der Waals surface area contributed by atoms with E-state index in [0.717, 1.165) is 32.2 Å². The molecule has 0 N–H and O–H groups in total. The maximum absolute atomic E-state index is 12.2. The van der Waals surface area contributed by atoms with E-state index < -0.39 is 6.23 Å². The summed E-state index contributed by atoms with van der Waals surface area (Å²) in [5.41, 5.74) is 3.42. The summed E-state index contributed by atoms with van der Waals surface area (Å²) >= 11 is 3.42. The second kappa shape index (κ2) is 6.53. The number of aryl methyl sites for hydroxylation is 1. The number of hydrogen-bond donors (Lipinski definition) is 0. The summed E-state index contributed by atoms with van der Waals surface area (Å²) in [5.74, 6) is 0.247. The first-order valence-electron chi connectivity index (χ1n) is 8.20. The Bertz CT molecular complexity index is 1030. The van der Waals surface area contributed by atoms with Crippen LogP contribution in [0.5, 0.6) is 0 Å². The van der Waals surface area contributed by atoms with Crippen molar-refractivity contribution in [3.63, 3.8) is 0 Å².